The molecule has 0 aliphatic carbocycles. The van der Waals surface area contributed by atoms with Crippen molar-refractivity contribution in [2.24, 2.45) is 0 Å². The third-order valence-electron chi connectivity index (χ3n) is 1.75. The zero-order valence-corrected chi connectivity index (χ0v) is 9.14. The van der Waals surface area contributed by atoms with Gasteiger partial charge in [0.2, 0.25) is 0 Å². The lowest BCUT2D eigenvalue weighted by molar-refractivity contribution is -0.134. The van der Waals surface area contributed by atoms with Crippen molar-refractivity contribution in [1.29, 1.82) is 0 Å². The normalized spacial score (nSPS) is 14.4. The Hall–Kier alpha value is -0.220. The zero-order valence-electron chi connectivity index (χ0n) is 7.57. The minimum atomic E-state index is -4.19. The van der Waals surface area contributed by atoms with Crippen LogP contribution in [0.1, 0.15) is 28.5 Å². The van der Waals surface area contributed by atoms with Crippen molar-refractivity contribution in [3.63, 3.8) is 0 Å². The fourth-order valence-electron chi connectivity index (χ4n) is 1.06. The van der Waals surface area contributed by atoms with Crippen LogP contribution in [0.5, 0.6) is 0 Å². The summed E-state index contributed by atoms with van der Waals surface area (Å²) in [5.41, 5.74) is 0. The molecule has 0 saturated heterocycles. The van der Waals surface area contributed by atoms with E-state index >= 15 is 0 Å². The van der Waals surface area contributed by atoms with Gasteiger partial charge in [-0.05, 0) is 18.6 Å². The maximum Gasteiger partial charge on any atom is 0.390 e. The molecule has 1 aromatic heterocycles. The second kappa shape index (κ2) is 4.53. The lowest BCUT2D eigenvalue weighted by atomic mass is 10.2. The van der Waals surface area contributed by atoms with Crippen molar-refractivity contribution in [3.8, 4) is 0 Å². The predicted molar refractivity (Wildman–Crippen MR) is 53.0 cm³/mol. The van der Waals surface area contributed by atoms with Gasteiger partial charge in [-0.1, -0.05) is 6.92 Å². The van der Waals surface area contributed by atoms with Crippen molar-refractivity contribution < 1.29 is 13.2 Å². The van der Waals surface area contributed by atoms with Gasteiger partial charge >= 0.3 is 6.18 Å². The standard InChI is InChI=1S/C9H10ClF3S/c1-2-6-3-4-8(14-6)7(10)5-9(11,12)13/h3-4,7H,2,5H2,1H3. The molecule has 0 amide bonds. The van der Waals surface area contributed by atoms with E-state index in [0.717, 1.165) is 11.3 Å². The van der Waals surface area contributed by atoms with Crippen molar-refractivity contribution in [1.82, 2.24) is 0 Å². The summed E-state index contributed by atoms with van der Waals surface area (Å²) in [5.74, 6) is 0. The molecule has 0 spiro atoms. The number of alkyl halides is 4. The maximum absolute atomic E-state index is 12.0. The van der Waals surface area contributed by atoms with Crippen molar-refractivity contribution in [2.45, 2.75) is 31.3 Å². The first-order valence-corrected chi connectivity index (χ1v) is 5.47. The molecule has 1 aromatic rings. The smallest absolute Gasteiger partial charge is 0.171 e. The molecule has 1 atom stereocenters. The Labute approximate surface area is 89.7 Å². The predicted octanol–water partition coefficient (Wildman–Crippen LogP) is 4.54. The van der Waals surface area contributed by atoms with Crippen LogP contribution in [0.3, 0.4) is 0 Å². The highest BCUT2D eigenvalue weighted by Crippen LogP contribution is 2.37. The molecule has 0 aliphatic rings. The summed E-state index contributed by atoms with van der Waals surface area (Å²) in [6.07, 6.45) is -4.32. The van der Waals surface area contributed by atoms with Crippen molar-refractivity contribution in [3.05, 3.63) is 21.9 Å². The third kappa shape index (κ3) is 3.50. The van der Waals surface area contributed by atoms with Gasteiger partial charge in [-0.3, -0.25) is 0 Å². The molecular formula is C9H10ClF3S. The zero-order chi connectivity index (χ0) is 10.8. The highest BCUT2D eigenvalue weighted by atomic mass is 35.5. The van der Waals surface area contributed by atoms with Gasteiger partial charge in [0.15, 0.2) is 0 Å². The van der Waals surface area contributed by atoms with E-state index in [0.29, 0.717) is 4.88 Å². The molecule has 1 heterocycles. The van der Waals surface area contributed by atoms with Crippen LogP contribution in [0.4, 0.5) is 13.2 Å². The number of aryl methyl sites for hydroxylation is 1. The van der Waals surface area contributed by atoms with Gasteiger partial charge in [0.25, 0.3) is 0 Å². The average Bonchev–Trinajstić information content (AvgIpc) is 2.48. The largest absolute Gasteiger partial charge is 0.390 e. The van der Waals surface area contributed by atoms with Crippen LogP contribution in [-0.4, -0.2) is 6.18 Å². The second-order valence-electron chi connectivity index (χ2n) is 2.94. The quantitative estimate of drug-likeness (QED) is 0.683. The number of hydrogen-bond donors (Lipinski definition) is 0. The molecule has 1 rings (SSSR count). The summed E-state index contributed by atoms with van der Waals surface area (Å²) < 4.78 is 36.0. The van der Waals surface area contributed by atoms with Crippen LogP contribution in [-0.2, 0) is 6.42 Å². The first kappa shape index (κ1) is 11.9. The monoisotopic (exact) mass is 242 g/mol. The van der Waals surface area contributed by atoms with Crippen LogP contribution >= 0.6 is 22.9 Å². The Bertz CT molecular complexity index is 292. The minimum Gasteiger partial charge on any atom is -0.171 e. The number of halogens is 4. The molecule has 0 nitrogen and oxygen atoms in total. The highest BCUT2D eigenvalue weighted by molar-refractivity contribution is 7.12. The van der Waals surface area contributed by atoms with E-state index in [1.807, 2.05) is 13.0 Å². The van der Waals surface area contributed by atoms with Crippen LogP contribution in [0.15, 0.2) is 12.1 Å². The van der Waals surface area contributed by atoms with Gasteiger partial charge in [-0.25, -0.2) is 0 Å². The van der Waals surface area contributed by atoms with E-state index in [1.54, 1.807) is 6.07 Å². The topological polar surface area (TPSA) is 0 Å². The van der Waals surface area contributed by atoms with Crippen molar-refractivity contribution in [2.75, 3.05) is 0 Å². The third-order valence-corrected chi connectivity index (χ3v) is 3.61. The summed E-state index contributed by atoms with van der Waals surface area (Å²) >= 11 is 7.00. The Morgan fingerprint density at radius 3 is 2.50 bits per heavy atom. The molecular weight excluding hydrogens is 233 g/mol. The summed E-state index contributed by atoms with van der Waals surface area (Å²) in [5, 5.41) is -0.944. The van der Waals surface area contributed by atoms with Crippen LogP contribution in [0.2, 0.25) is 0 Å². The summed E-state index contributed by atoms with van der Waals surface area (Å²) in [7, 11) is 0. The van der Waals surface area contributed by atoms with Gasteiger partial charge < -0.3 is 0 Å². The number of thiophene rings is 1. The van der Waals surface area contributed by atoms with Gasteiger partial charge in [0.1, 0.15) is 0 Å². The molecule has 0 aliphatic heterocycles. The molecule has 14 heavy (non-hydrogen) atoms. The first-order valence-electron chi connectivity index (χ1n) is 4.22. The molecule has 0 radical (unpaired) electrons. The molecule has 0 aromatic carbocycles. The van der Waals surface area contributed by atoms with Gasteiger partial charge in [0.05, 0.1) is 11.8 Å². The Morgan fingerprint density at radius 2 is 2.07 bits per heavy atom. The van der Waals surface area contributed by atoms with E-state index < -0.39 is 18.0 Å². The number of hydrogen-bond acceptors (Lipinski definition) is 1. The Morgan fingerprint density at radius 1 is 1.43 bits per heavy atom. The average molecular weight is 243 g/mol. The summed E-state index contributed by atoms with van der Waals surface area (Å²) in [4.78, 5) is 1.66. The van der Waals surface area contributed by atoms with Crippen molar-refractivity contribution >= 4 is 22.9 Å². The lowest BCUT2D eigenvalue weighted by Crippen LogP contribution is -2.09. The fraction of sp³-hybridized carbons (Fsp3) is 0.556. The minimum absolute atomic E-state index is 0.598. The highest BCUT2D eigenvalue weighted by Gasteiger charge is 2.32. The maximum atomic E-state index is 12.0. The Balaban J connectivity index is 2.65. The SMILES string of the molecule is CCc1ccc(C(Cl)CC(F)(F)F)s1. The fourth-order valence-corrected chi connectivity index (χ4v) is 2.37. The first-order chi connectivity index (χ1) is 6.42. The van der Waals surface area contributed by atoms with Gasteiger partial charge in [-0.15, -0.1) is 22.9 Å². The molecule has 1 unspecified atom stereocenters. The molecule has 5 heteroatoms. The lowest BCUT2D eigenvalue weighted by Gasteiger charge is -2.09. The Kier molecular flexibility index (Phi) is 3.84. The molecule has 0 bridgehead atoms. The van der Waals surface area contributed by atoms with E-state index in [4.69, 9.17) is 11.6 Å². The van der Waals surface area contributed by atoms with Gasteiger partial charge in [-0.2, -0.15) is 13.2 Å². The van der Waals surface area contributed by atoms with Crippen LogP contribution in [0.25, 0.3) is 0 Å². The van der Waals surface area contributed by atoms with Crippen LogP contribution in [0, 0.1) is 0 Å². The molecule has 0 N–H and O–H groups in total. The van der Waals surface area contributed by atoms with Crippen LogP contribution < -0.4 is 0 Å². The van der Waals surface area contributed by atoms with E-state index in [1.165, 1.54) is 11.3 Å². The molecule has 0 saturated carbocycles. The summed E-state index contributed by atoms with van der Waals surface area (Å²) in [6, 6.07) is 3.50. The van der Waals surface area contributed by atoms with E-state index in [-0.39, 0.29) is 0 Å². The second-order valence-corrected chi connectivity index (χ2v) is 4.67. The van der Waals surface area contributed by atoms with Gasteiger partial charge in [0, 0.05) is 9.75 Å². The molecule has 80 valence electrons. The molecule has 0 fully saturated rings. The summed E-state index contributed by atoms with van der Waals surface area (Å²) in [6.45, 7) is 1.96. The van der Waals surface area contributed by atoms with E-state index in [9.17, 15) is 13.2 Å². The van der Waals surface area contributed by atoms with E-state index in [2.05, 4.69) is 0 Å². The number of rotatable bonds is 3.